The number of ketones is 1. The van der Waals surface area contributed by atoms with Crippen LogP contribution in [0.5, 0.6) is 11.5 Å². The molecule has 0 radical (unpaired) electrons. The number of hydrogen-bond donors (Lipinski definition) is 1. The summed E-state index contributed by atoms with van der Waals surface area (Å²) in [6.45, 7) is 1.54. The Kier molecular flexibility index (Phi) is 6.26. The number of nitrogens with two attached hydrogens (primary N) is 1. The fourth-order valence-electron chi connectivity index (χ4n) is 2.10. The molecule has 126 valence electrons. The summed E-state index contributed by atoms with van der Waals surface area (Å²) in [5, 5.41) is 0.429. The molecule has 0 saturated heterocycles. The van der Waals surface area contributed by atoms with Crippen molar-refractivity contribution in [1.29, 1.82) is 0 Å². The Bertz CT molecular complexity index is 760. The van der Waals surface area contributed by atoms with Crippen LogP contribution in [0.25, 0.3) is 0 Å². The molecule has 0 unspecified atom stereocenters. The molecule has 0 aromatic heterocycles. The summed E-state index contributed by atoms with van der Waals surface area (Å²) in [7, 11) is 3.21. The topological polar surface area (TPSA) is 73.9 Å². The van der Waals surface area contributed by atoms with E-state index in [2.05, 4.69) is 4.99 Å². The van der Waals surface area contributed by atoms with Crippen LogP contribution < -0.4 is 15.2 Å². The fraction of sp³-hybridized carbons (Fsp3) is 0.222. The number of thioether (sulfide) groups is 1. The summed E-state index contributed by atoms with van der Waals surface area (Å²) < 4.78 is 10.5. The van der Waals surface area contributed by atoms with Crippen LogP contribution in [-0.2, 0) is 5.75 Å². The average Bonchev–Trinajstić information content (AvgIpc) is 2.59. The predicted molar refractivity (Wildman–Crippen MR) is 98.6 cm³/mol. The molecule has 24 heavy (non-hydrogen) atoms. The summed E-state index contributed by atoms with van der Waals surface area (Å²) in [6.07, 6.45) is 0. The zero-order chi connectivity index (χ0) is 17.5. The van der Waals surface area contributed by atoms with E-state index in [1.165, 1.54) is 18.7 Å². The van der Waals surface area contributed by atoms with E-state index in [9.17, 15) is 4.79 Å². The number of carbonyl (C=O) groups excluding carboxylic acids is 1. The van der Waals surface area contributed by atoms with E-state index in [-0.39, 0.29) is 5.78 Å². The third-order valence-electron chi connectivity index (χ3n) is 3.36. The van der Waals surface area contributed by atoms with Crippen LogP contribution in [-0.4, -0.2) is 25.2 Å². The van der Waals surface area contributed by atoms with Gasteiger partial charge >= 0.3 is 0 Å². The molecule has 2 aromatic rings. The van der Waals surface area contributed by atoms with Crippen molar-refractivity contribution in [3.63, 3.8) is 0 Å². The molecular weight excluding hydrogens is 324 g/mol. The first kappa shape index (κ1) is 17.9. The van der Waals surface area contributed by atoms with Crippen molar-refractivity contribution < 1.29 is 14.3 Å². The second kappa shape index (κ2) is 8.40. The van der Waals surface area contributed by atoms with Gasteiger partial charge in [0, 0.05) is 22.9 Å². The fourth-order valence-corrected chi connectivity index (χ4v) is 2.80. The second-order valence-electron chi connectivity index (χ2n) is 5.02. The van der Waals surface area contributed by atoms with E-state index in [1.807, 2.05) is 30.3 Å². The lowest BCUT2D eigenvalue weighted by atomic mass is 10.1. The number of aliphatic imine (C=N–C) groups is 1. The van der Waals surface area contributed by atoms with Crippen LogP contribution in [0, 0.1) is 0 Å². The van der Waals surface area contributed by atoms with Gasteiger partial charge in [0.15, 0.2) is 11.0 Å². The molecule has 0 amide bonds. The van der Waals surface area contributed by atoms with Crippen molar-refractivity contribution >= 4 is 28.4 Å². The number of nitrogens with zero attached hydrogens (tertiary/aromatic N) is 1. The summed E-state index contributed by atoms with van der Waals surface area (Å²) in [6, 6.07) is 12.7. The first-order valence-corrected chi connectivity index (χ1v) is 8.31. The molecule has 0 fully saturated rings. The maximum atomic E-state index is 11.5. The van der Waals surface area contributed by atoms with Crippen LogP contribution in [0.3, 0.4) is 0 Å². The highest BCUT2D eigenvalue weighted by Gasteiger charge is 2.08. The van der Waals surface area contributed by atoms with E-state index in [1.54, 1.807) is 26.4 Å². The molecule has 0 atom stereocenters. The van der Waals surface area contributed by atoms with Crippen LogP contribution in [0.1, 0.15) is 22.8 Å². The Hall–Kier alpha value is -2.47. The van der Waals surface area contributed by atoms with Crippen molar-refractivity contribution in [3.8, 4) is 11.5 Å². The molecule has 0 aliphatic carbocycles. The first-order valence-electron chi connectivity index (χ1n) is 7.32. The van der Waals surface area contributed by atoms with Crippen LogP contribution in [0.2, 0.25) is 0 Å². The summed E-state index contributed by atoms with van der Waals surface area (Å²) in [5.74, 6) is 2.03. The Morgan fingerprint density at radius 3 is 2.62 bits per heavy atom. The lowest BCUT2D eigenvalue weighted by Crippen LogP contribution is -2.07. The van der Waals surface area contributed by atoms with Crippen molar-refractivity contribution in [3.05, 3.63) is 53.6 Å². The predicted octanol–water partition coefficient (Wildman–Crippen LogP) is 3.79. The minimum atomic E-state index is 0.0157. The van der Waals surface area contributed by atoms with Gasteiger partial charge in [-0.15, -0.1) is 0 Å². The Balaban J connectivity index is 2.12. The Labute approximate surface area is 145 Å². The monoisotopic (exact) mass is 344 g/mol. The second-order valence-corrected chi connectivity index (χ2v) is 6.02. The number of benzene rings is 2. The van der Waals surface area contributed by atoms with Crippen LogP contribution >= 0.6 is 11.8 Å². The van der Waals surface area contributed by atoms with E-state index in [0.29, 0.717) is 16.5 Å². The summed E-state index contributed by atoms with van der Waals surface area (Å²) >= 11 is 1.38. The number of hydrogen-bond acceptors (Lipinski definition) is 5. The van der Waals surface area contributed by atoms with Gasteiger partial charge in [0.1, 0.15) is 11.5 Å². The number of ether oxygens (including phenoxy) is 2. The molecule has 0 saturated carbocycles. The van der Waals surface area contributed by atoms with Gasteiger partial charge in [-0.3, -0.25) is 4.79 Å². The minimum Gasteiger partial charge on any atom is -0.497 e. The van der Waals surface area contributed by atoms with E-state index < -0.39 is 0 Å². The van der Waals surface area contributed by atoms with Crippen molar-refractivity contribution in [2.24, 2.45) is 10.7 Å². The van der Waals surface area contributed by atoms with Crippen molar-refractivity contribution in [1.82, 2.24) is 0 Å². The third-order valence-corrected chi connectivity index (χ3v) is 4.20. The van der Waals surface area contributed by atoms with Gasteiger partial charge in [0.25, 0.3) is 0 Å². The molecule has 0 spiro atoms. The molecular formula is C18H20N2O3S. The highest BCUT2D eigenvalue weighted by Crippen LogP contribution is 2.26. The molecule has 2 aromatic carbocycles. The smallest absolute Gasteiger partial charge is 0.159 e. The maximum absolute atomic E-state index is 11.5. The third kappa shape index (κ3) is 4.76. The number of Topliss-reactive ketones (excluding diaryl/α,β-unsaturated/α-hetero) is 1. The highest BCUT2D eigenvalue weighted by atomic mass is 32.2. The molecule has 6 heteroatoms. The lowest BCUT2D eigenvalue weighted by molar-refractivity contribution is 0.101. The van der Waals surface area contributed by atoms with Gasteiger partial charge in [0.2, 0.25) is 0 Å². The molecule has 0 aliphatic heterocycles. The van der Waals surface area contributed by atoms with Gasteiger partial charge in [0.05, 0.1) is 19.9 Å². The van der Waals surface area contributed by atoms with E-state index in [0.717, 1.165) is 22.7 Å². The molecule has 0 bridgehead atoms. The summed E-state index contributed by atoms with van der Waals surface area (Å²) in [5.41, 5.74) is 8.27. The van der Waals surface area contributed by atoms with Crippen LogP contribution in [0.15, 0.2) is 47.5 Å². The van der Waals surface area contributed by atoms with Gasteiger partial charge in [-0.1, -0.05) is 17.8 Å². The highest BCUT2D eigenvalue weighted by molar-refractivity contribution is 8.13. The largest absolute Gasteiger partial charge is 0.497 e. The quantitative estimate of drug-likeness (QED) is 0.490. The minimum absolute atomic E-state index is 0.0157. The lowest BCUT2D eigenvalue weighted by Gasteiger charge is -2.09. The number of methoxy groups -OCH3 is 2. The Morgan fingerprint density at radius 2 is 1.96 bits per heavy atom. The van der Waals surface area contributed by atoms with Gasteiger partial charge in [-0.2, -0.15) is 0 Å². The Morgan fingerprint density at radius 1 is 1.17 bits per heavy atom. The molecule has 2 N–H and O–H groups in total. The first-order chi connectivity index (χ1) is 11.5. The number of amidine groups is 1. The number of carbonyl (C=O) groups is 1. The zero-order valence-corrected chi connectivity index (χ0v) is 14.7. The maximum Gasteiger partial charge on any atom is 0.159 e. The van der Waals surface area contributed by atoms with E-state index in [4.69, 9.17) is 15.2 Å². The van der Waals surface area contributed by atoms with Crippen LogP contribution in [0.4, 0.5) is 5.69 Å². The molecule has 0 heterocycles. The van der Waals surface area contributed by atoms with Gasteiger partial charge in [-0.25, -0.2) is 4.99 Å². The zero-order valence-electron chi connectivity index (χ0n) is 13.9. The van der Waals surface area contributed by atoms with Crippen molar-refractivity contribution in [2.45, 2.75) is 12.7 Å². The normalized spacial score (nSPS) is 11.2. The number of rotatable bonds is 6. The van der Waals surface area contributed by atoms with Crippen molar-refractivity contribution in [2.75, 3.05) is 14.2 Å². The SMILES string of the molecule is COc1cccc(N=C(N)SCc2cc(C(C)=O)ccc2OC)c1. The molecule has 5 nitrogen and oxygen atoms in total. The standard InChI is InChI=1S/C18H20N2O3S/c1-12(21)13-7-8-17(23-3)14(9-13)11-24-18(19)20-15-5-4-6-16(10-15)22-2/h4-10H,11H2,1-3H3,(H2,19,20). The van der Waals surface area contributed by atoms with E-state index >= 15 is 0 Å². The van der Waals surface area contributed by atoms with Gasteiger partial charge in [-0.05, 0) is 37.3 Å². The van der Waals surface area contributed by atoms with Gasteiger partial charge < -0.3 is 15.2 Å². The molecule has 2 rings (SSSR count). The average molecular weight is 344 g/mol. The summed E-state index contributed by atoms with van der Waals surface area (Å²) in [4.78, 5) is 15.9. The molecule has 0 aliphatic rings.